The lowest BCUT2D eigenvalue weighted by Crippen LogP contribution is -2.43. The number of benzene rings is 1. The number of rotatable bonds is 6. The van der Waals surface area contributed by atoms with Gasteiger partial charge in [0.05, 0.1) is 23.5 Å². The Morgan fingerprint density at radius 2 is 2.08 bits per heavy atom. The molecule has 2 aromatic heterocycles. The van der Waals surface area contributed by atoms with Crippen molar-refractivity contribution < 1.29 is 22.7 Å². The Labute approximate surface area is 229 Å². The molecule has 2 aliphatic heterocycles. The van der Waals surface area contributed by atoms with Crippen molar-refractivity contribution in [3.05, 3.63) is 59.2 Å². The molecule has 39 heavy (non-hydrogen) atoms. The molecule has 2 fully saturated rings. The van der Waals surface area contributed by atoms with E-state index in [9.17, 15) is 18.0 Å². The van der Waals surface area contributed by atoms with Gasteiger partial charge in [-0.2, -0.15) is 13.2 Å². The van der Waals surface area contributed by atoms with E-state index in [1.807, 2.05) is 24.2 Å². The monoisotopic (exact) mass is 559 g/mol. The van der Waals surface area contributed by atoms with Gasteiger partial charge in [-0.1, -0.05) is 6.07 Å². The standard InChI is InChI=1S/C28H32F3N5O2S/c29-28(30,31)20-4-1-5-21-27(20)35-25(33-21)13-26(37)34-22-15-36(18-3-2-11-38-12-9-18)16-24(22)39-23-7-6-17-14-32-10-8-19(17)23/h1,4-5,8,10,14,18,22-24H,2-3,6-7,9,11-13,15-16H2,(H,33,35)(H,34,37)/t18?,22?,23?,24-/m0/s1. The maximum Gasteiger partial charge on any atom is 0.418 e. The zero-order valence-electron chi connectivity index (χ0n) is 21.5. The molecule has 3 aromatic rings. The van der Waals surface area contributed by atoms with Crippen molar-refractivity contribution in [2.75, 3.05) is 26.3 Å². The van der Waals surface area contributed by atoms with Crippen LogP contribution in [0.3, 0.4) is 0 Å². The van der Waals surface area contributed by atoms with Gasteiger partial charge in [0.25, 0.3) is 0 Å². The molecule has 0 bridgehead atoms. The minimum absolute atomic E-state index is 0.0623. The summed E-state index contributed by atoms with van der Waals surface area (Å²) in [6, 6.07) is 6.38. The summed E-state index contributed by atoms with van der Waals surface area (Å²) in [5.74, 6) is -0.00307. The van der Waals surface area contributed by atoms with Crippen LogP contribution in [0, 0.1) is 0 Å². The fraction of sp³-hybridized carbons (Fsp3) is 0.536. The zero-order valence-corrected chi connectivity index (χ0v) is 22.4. The number of para-hydroxylation sites is 1. The van der Waals surface area contributed by atoms with E-state index < -0.39 is 11.7 Å². The first kappa shape index (κ1) is 26.6. The lowest BCUT2D eigenvalue weighted by molar-refractivity contribution is -0.136. The number of ether oxygens (including phenoxy) is 1. The average molecular weight is 560 g/mol. The number of imidazole rings is 1. The van der Waals surface area contributed by atoms with Crippen molar-refractivity contribution in [3.63, 3.8) is 0 Å². The molecule has 3 unspecified atom stereocenters. The Kier molecular flexibility index (Phi) is 7.56. The van der Waals surface area contributed by atoms with E-state index in [1.54, 1.807) is 6.07 Å². The number of alkyl halides is 3. The molecular weight excluding hydrogens is 527 g/mol. The minimum atomic E-state index is -4.51. The summed E-state index contributed by atoms with van der Waals surface area (Å²) in [7, 11) is 0. The number of amides is 1. The second-order valence-corrected chi connectivity index (χ2v) is 12.1. The summed E-state index contributed by atoms with van der Waals surface area (Å²) in [4.78, 5) is 27.0. The molecule has 1 amide bonds. The van der Waals surface area contributed by atoms with Crippen molar-refractivity contribution in [3.8, 4) is 0 Å². The number of likely N-dealkylation sites (tertiary alicyclic amines) is 1. The van der Waals surface area contributed by atoms with Crippen molar-refractivity contribution in [2.24, 2.45) is 0 Å². The average Bonchev–Trinajstić information content (AvgIpc) is 3.54. The predicted octanol–water partition coefficient (Wildman–Crippen LogP) is 4.68. The first-order chi connectivity index (χ1) is 18.8. The number of nitrogens with one attached hydrogen (secondary N) is 2. The van der Waals surface area contributed by atoms with Gasteiger partial charge in [0.2, 0.25) is 5.91 Å². The molecule has 4 atom stereocenters. The Balaban J connectivity index is 1.17. The van der Waals surface area contributed by atoms with Gasteiger partial charge in [-0.05, 0) is 61.4 Å². The Hall–Kier alpha value is -2.63. The van der Waals surface area contributed by atoms with E-state index >= 15 is 0 Å². The number of H-pyrrole nitrogens is 1. The van der Waals surface area contributed by atoms with Gasteiger partial charge in [0, 0.05) is 55.2 Å². The number of hydrogen-bond acceptors (Lipinski definition) is 6. The van der Waals surface area contributed by atoms with E-state index in [0.717, 1.165) is 64.5 Å². The number of aromatic amines is 1. The van der Waals surface area contributed by atoms with Crippen molar-refractivity contribution >= 4 is 28.7 Å². The molecular formula is C28H32F3N5O2S. The van der Waals surface area contributed by atoms with Crippen LogP contribution in [0.4, 0.5) is 13.2 Å². The maximum absolute atomic E-state index is 13.4. The second-order valence-electron chi connectivity index (χ2n) is 10.7. The van der Waals surface area contributed by atoms with Crippen LogP contribution in [0.1, 0.15) is 53.4 Å². The number of thioether (sulfide) groups is 1. The molecule has 7 nitrogen and oxygen atoms in total. The third kappa shape index (κ3) is 5.81. The van der Waals surface area contributed by atoms with Gasteiger partial charge in [-0.25, -0.2) is 4.98 Å². The van der Waals surface area contributed by atoms with Crippen molar-refractivity contribution in [2.45, 2.75) is 67.3 Å². The molecule has 1 aliphatic carbocycles. The number of fused-ring (bicyclic) bond motifs is 2. The van der Waals surface area contributed by atoms with E-state index in [4.69, 9.17) is 4.74 Å². The smallest absolute Gasteiger partial charge is 0.381 e. The largest absolute Gasteiger partial charge is 0.418 e. The number of halogens is 3. The van der Waals surface area contributed by atoms with Crippen LogP contribution in [-0.4, -0.2) is 69.4 Å². The van der Waals surface area contributed by atoms with Gasteiger partial charge in [-0.15, -0.1) is 11.8 Å². The first-order valence-electron chi connectivity index (χ1n) is 13.6. The Bertz CT molecular complexity index is 1320. The van der Waals surface area contributed by atoms with Crippen LogP contribution in [0.25, 0.3) is 11.0 Å². The van der Waals surface area contributed by atoms with Crippen LogP contribution in [0.5, 0.6) is 0 Å². The molecule has 2 N–H and O–H groups in total. The van der Waals surface area contributed by atoms with Crippen LogP contribution in [-0.2, 0) is 28.5 Å². The summed E-state index contributed by atoms with van der Waals surface area (Å²) < 4.78 is 46.0. The third-order valence-electron chi connectivity index (χ3n) is 8.08. The van der Waals surface area contributed by atoms with E-state index in [2.05, 4.69) is 31.2 Å². The lowest BCUT2D eigenvalue weighted by atomic mass is 10.1. The number of aryl methyl sites for hydroxylation is 1. The fourth-order valence-corrected chi connectivity index (χ4v) is 7.86. The zero-order chi connectivity index (χ0) is 27.0. The molecule has 0 radical (unpaired) electrons. The lowest BCUT2D eigenvalue weighted by Gasteiger charge is -2.26. The molecule has 11 heteroatoms. The van der Waals surface area contributed by atoms with Gasteiger partial charge in [0.1, 0.15) is 11.3 Å². The number of hydrogen-bond donors (Lipinski definition) is 2. The van der Waals surface area contributed by atoms with Crippen LogP contribution in [0.2, 0.25) is 0 Å². The van der Waals surface area contributed by atoms with E-state index in [1.165, 1.54) is 17.2 Å². The summed E-state index contributed by atoms with van der Waals surface area (Å²) in [5.41, 5.74) is 1.96. The van der Waals surface area contributed by atoms with Gasteiger partial charge >= 0.3 is 6.18 Å². The fourth-order valence-electron chi connectivity index (χ4n) is 6.19. The quantitative estimate of drug-likeness (QED) is 0.457. The van der Waals surface area contributed by atoms with Crippen molar-refractivity contribution in [1.29, 1.82) is 0 Å². The van der Waals surface area contributed by atoms with E-state index in [0.29, 0.717) is 11.3 Å². The van der Waals surface area contributed by atoms with Crippen LogP contribution < -0.4 is 5.32 Å². The Morgan fingerprint density at radius 1 is 1.18 bits per heavy atom. The summed E-state index contributed by atoms with van der Waals surface area (Å²) in [5, 5.41) is 3.79. The van der Waals surface area contributed by atoms with Crippen LogP contribution in [0.15, 0.2) is 36.7 Å². The topological polar surface area (TPSA) is 83.1 Å². The first-order valence-corrected chi connectivity index (χ1v) is 14.5. The molecule has 4 heterocycles. The minimum Gasteiger partial charge on any atom is -0.381 e. The van der Waals surface area contributed by atoms with E-state index in [-0.39, 0.29) is 40.5 Å². The maximum atomic E-state index is 13.4. The molecule has 2 saturated heterocycles. The predicted molar refractivity (Wildman–Crippen MR) is 143 cm³/mol. The Morgan fingerprint density at radius 3 is 2.95 bits per heavy atom. The summed E-state index contributed by atoms with van der Waals surface area (Å²) in [6.07, 6.45) is 4.36. The highest BCUT2D eigenvalue weighted by Crippen LogP contribution is 2.45. The number of aromatic nitrogens is 3. The van der Waals surface area contributed by atoms with Gasteiger partial charge in [-0.3, -0.25) is 14.7 Å². The third-order valence-corrected chi connectivity index (χ3v) is 9.72. The molecule has 3 aliphatic rings. The normalized spacial score (nSPS) is 26.0. The number of nitrogens with zero attached hydrogens (tertiary/aromatic N) is 3. The highest BCUT2D eigenvalue weighted by molar-refractivity contribution is 8.00. The molecule has 6 rings (SSSR count). The second kappa shape index (κ2) is 11.1. The SMILES string of the molecule is O=C(Cc1nc2c(C(F)(F)F)cccc2[nH]1)NC1CN(C2CCCOCC2)C[C@@H]1SC1CCc2cnccc21. The molecule has 208 valence electrons. The van der Waals surface area contributed by atoms with Gasteiger partial charge < -0.3 is 15.0 Å². The number of carbonyl (C=O) groups excluding carboxylic acids is 1. The molecule has 0 spiro atoms. The molecule has 0 saturated carbocycles. The number of carbonyl (C=O) groups is 1. The number of pyridine rings is 1. The highest BCUT2D eigenvalue weighted by Gasteiger charge is 2.40. The van der Waals surface area contributed by atoms with Crippen LogP contribution >= 0.6 is 11.8 Å². The van der Waals surface area contributed by atoms with Crippen molar-refractivity contribution in [1.82, 2.24) is 25.2 Å². The summed E-state index contributed by atoms with van der Waals surface area (Å²) >= 11 is 1.93. The molecule has 1 aromatic carbocycles. The highest BCUT2D eigenvalue weighted by atomic mass is 32.2. The summed E-state index contributed by atoms with van der Waals surface area (Å²) in [6.45, 7) is 3.19. The van der Waals surface area contributed by atoms with Gasteiger partial charge in [0.15, 0.2) is 0 Å².